The monoisotopic (exact) mass is 324 g/mol. The SMILES string of the molecule is CN1C2CCCC1CC(O)(c1ccc(C#N)c(C(F)(F)F)c1)C2. The Morgan fingerprint density at radius 3 is 2.39 bits per heavy atom. The van der Waals surface area contributed by atoms with Crippen LogP contribution in [-0.2, 0) is 11.8 Å². The molecule has 2 saturated heterocycles. The van der Waals surface area contributed by atoms with Gasteiger partial charge in [-0.25, -0.2) is 0 Å². The molecule has 2 fully saturated rings. The van der Waals surface area contributed by atoms with E-state index in [0.29, 0.717) is 12.8 Å². The van der Waals surface area contributed by atoms with E-state index in [0.717, 1.165) is 25.3 Å². The lowest BCUT2D eigenvalue weighted by Gasteiger charge is -2.51. The highest BCUT2D eigenvalue weighted by Gasteiger charge is 2.46. The number of fused-ring (bicyclic) bond motifs is 2. The number of aliphatic hydroxyl groups is 1. The third-order valence-corrected chi connectivity index (χ3v) is 5.36. The van der Waals surface area contributed by atoms with Crippen molar-refractivity contribution >= 4 is 0 Å². The van der Waals surface area contributed by atoms with Crippen LogP contribution in [0.3, 0.4) is 0 Å². The molecule has 6 heteroatoms. The topological polar surface area (TPSA) is 47.3 Å². The minimum atomic E-state index is -4.60. The van der Waals surface area contributed by atoms with Gasteiger partial charge in [0.05, 0.1) is 22.8 Å². The molecule has 1 N–H and O–H groups in total. The van der Waals surface area contributed by atoms with Crippen molar-refractivity contribution in [2.75, 3.05) is 7.05 Å². The zero-order chi connectivity index (χ0) is 16.8. The van der Waals surface area contributed by atoms with Crippen LogP contribution >= 0.6 is 0 Å². The Balaban J connectivity index is 2.00. The molecule has 2 aliphatic heterocycles. The van der Waals surface area contributed by atoms with Crippen molar-refractivity contribution in [3.8, 4) is 6.07 Å². The fourth-order valence-electron chi connectivity index (χ4n) is 4.05. The van der Waals surface area contributed by atoms with Crippen molar-refractivity contribution in [2.45, 2.75) is 56.0 Å². The largest absolute Gasteiger partial charge is 0.417 e. The van der Waals surface area contributed by atoms with Crippen LogP contribution in [0.2, 0.25) is 0 Å². The Labute approximate surface area is 133 Å². The van der Waals surface area contributed by atoms with Crippen LogP contribution in [0.5, 0.6) is 0 Å². The zero-order valence-electron chi connectivity index (χ0n) is 12.9. The van der Waals surface area contributed by atoms with E-state index in [4.69, 9.17) is 5.26 Å². The maximum atomic E-state index is 13.2. The molecule has 1 aromatic rings. The van der Waals surface area contributed by atoms with Gasteiger partial charge in [-0.2, -0.15) is 18.4 Å². The quantitative estimate of drug-likeness (QED) is 0.861. The molecule has 2 heterocycles. The molecule has 2 bridgehead atoms. The maximum Gasteiger partial charge on any atom is 0.417 e. The van der Waals surface area contributed by atoms with Crippen molar-refractivity contribution < 1.29 is 18.3 Å². The van der Waals surface area contributed by atoms with Gasteiger partial charge in [0.1, 0.15) is 0 Å². The van der Waals surface area contributed by atoms with E-state index in [2.05, 4.69) is 4.90 Å². The summed E-state index contributed by atoms with van der Waals surface area (Å²) in [4.78, 5) is 2.24. The smallest absolute Gasteiger partial charge is 0.385 e. The van der Waals surface area contributed by atoms with Gasteiger partial charge in [0, 0.05) is 12.1 Å². The van der Waals surface area contributed by atoms with Crippen LogP contribution in [0, 0.1) is 11.3 Å². The van der Waals surface area contributed by atoms with E-state index in [-0.39, 0.29) is 17.6 Å². The highest BCUT2D eigenvalue weighted by molar-refractivity contribution is 5.44. The van der Waals surface area contributed by atoms with Gasteiger partial charge >= 0.3 is 6.18 Å². The first kappa shape index (κ1) is 16.3. The predicted octanol–water partition coefficient (Wildman–Crippen LogP) is 3.41. The lowest BCUT2D eigenvalue weighted by molar-refractivity contribution is -0.138. The van der Waals surface area contributed by atoms with E-state index in [1.54, 1.807) is 6.07 Å². The molecule has 2 unspecified atom stereocenters. The second-order valence-corrected chi connectivity index (χ2v) is 6.71. The van der Waals surface area contributed by atoms with Crippen molar-refractivity contribution in [3.63, 3.8) is 0 Å². The highest BCUT2D eigenvalue weighted by Crippen LogP contribution is 2.45. The molecule has 3 rings (SSSR count). The van der Waals surface area contributed by atoms with Gasteiger partial charge in [0.2, 0.25) is 0 Å². The average Bonchev–Trinajstić information content (AvgIpc) is 2.47. The normalized spacial score (nSPS) is 31.7. The van der Waals surface area contributed by atoms with Gasteiger partial charge in [0.15, 0.2) is 0 Å². The molecule has 0 aliphatic carbocycles. The van der Waals surface area contributed by atoms with Crippen LogP contribution in [0.1, 0.15) is 48.8 Å². The van der Waals surface area contributed by atoms with Crippen molar-refractivity contribution in [2.24, 2.45) is 0 Å². The summed E-state index contributed by atoms with van der Waals surface area (Å²) in [6.45, 7) is 0. The van der Waals surface area contributed by atoms with Crippen LogP contribution in [0.15, 0.2) is 18.2 Å². The summed E-state index contributed by atoms with van der Waals surface area (Å²) >= 11 is 0. The summed E-state index contributed by atoms with van der Waals surface area (Å²) in [5.74, 6) is 0. The van der Waals surface area contributed by atoms with E-state index >= 15 is 0 Å². The fraction of sp³-hybridized carbons (Fsp3) is 0.588. The molecular formula is C17H19F3N2O. The number of hydrogen-bond acceptors (Lipinski definition) is 3. The molecule has 0 aromatic heterocycles. The predicted molar refractivity (Wildman–Crippen MR) is 78.5 cm³/mol. The van der Waals surface area contributed by atoms with Crippen molar-refractivity contribution in [1.29, 1.82) is 5.26 Å². The number of nitrogens with zero attached hydrogens (tertiary/aromatic N) is 2. The number of benzene rings is 1. The van der Waals surface area contributed by atoms with Gasteiger partial charge < -0.3 is 10.0 Å². The summed E-state index contributed by atoms with van der Waals surface area (Å²) in [5, 5.41) is 19.9. The summed E-state index contributed by atoms with van der Waals surface area (Å²) in [5.41, 5.74) is -2.35. The molecule has 23 heavy (non-hydrogen) atoms. The molecule has 2 atom stereocenters. The van der Waals surface area contributed by atoms with Crippen LogP contribution in [0.25, 0.3) is 0 Å². The summed E-state index contributed by atoms with van der Waals surface area (Å²) in [6, 6.07) is 5.56. The van der Waals surface area contributed by atoms with Gasteiger partial charge in [-0.05, 0) is 50.4 Å². The number of alkyl halides is 3. The first-order chi connectivity index (χ1) is 10.7. The summed E-state index contributed by atoms with van der Waals surface area (Å²) < 4.78 is 39.5. The van der Waals surface area contributed by atoms with Crippen molar-refractivity contribution in [3.05, 3.63) is 34.9 Å². The molecule has 0 saturated carbocycles. The molecule has 0 spiro atoms. The standard InChI is InChI=1S/C17H19F3N2O/c1-22-13-3-2-4-14(22)9-16(23,8-13)12-6-5-11(10-21)15(7-12)17(18,19)20/h5-7,13-14,23H,2-4,8-9H2,1H3. The number of nitriles is 1. The molecule has 2 aliphatic rings. The maximum absolute atomic E-state index is 13.2. The van der Waals surface area contributed by atoms with Gasteiger partial charge in [-0.15, -0.1) is 0 Å². The van der Waals surface area contributed by atoms with Crippen molar-refractivity contribution in [1.82, 2.24) is 4.90 Å². The Morgan fingerprint density at radius 2 is 1.87 bits per heavy atom. The number of halogens is 3. The van der Waals surface area contributed by atoms with E-state index in [1.165, 1.54) is 12.1 Å². The molecule has 124 valence electrons. The zero-order valence-corrected chi connectivity index (χ0v) is 12.9. The Kier molecular flexibility index (Phi) is 3.89. The Morgan fingerprint density at radius 1 is 1.26 bits per heavy atom. The lowest BCUT2D eigenvalue weighted by atomic mass is 9.72. The van der Waals surface area contributed by atoms with E-state index in [9.17, 15) is 18.3 Å². The number of rotatable bonds is 1. The molecule has 0 radical (unpaired) electrons. The van der Waals surface area contributed by atoms with Gasteiger partial charge in [0.25, 0.3) is 0 Å². The third-order valence-electron chi connectivity index (χ3n) is 5.36. The van der Waals surface area contributed by atoms with Gasteiger partial charge in [-0.3, -0.25) is 0 Å². The molecule has 0 amide bonds. The van der Waals surface area contributed by atoms with Crippen LogP contribution < -0.4 is 0 Å². The highest BCUT2D eigenvalue weighted by atomic mass is 19.4. The fourth-order valence-corrected chi connectivity index (χ4v) is 4.05. The van der Waals surface area contributed by atoms with Gasteiger partial charge in [-0.1, -0.05) is 12.5 Å². The molecule has 3 nitrogen and oxygen atoms in total. The van der Waals surface area contributed by atoms with E-state index < -0.39 is 22.9 Å². The molecular weight excluding hydrogens is 305 g/mol. The first-order valence-corrected chi connectivity index (χ1v) is 7.81. The number of hydrogen-bond donors (Lipinski definition) is 1. The van der Waals surface area contributed by atoms with Crippen LogP contribution in [0.4, 0.5) is 13.2 Å². The lowest BCUT2D eigenvalue weighted by Crippen LogP contribution is -2.55. The second kappa shape index (κ2) is 5.50. The Bertz CT molecular complexity index is 636. The average molecular weight is 324 g/mol. The second-order valence-electron chi connectivity index (χ2n) is 6.71. The minimum absolute atomic E-state index is 0.192. The minimum Gasteiger partial charge on any atom is -0.385 e. The summed E-state index contributed by atoms with van der Waals surface area (Å²) in [6.07, 6.45) is -0.725. The van der Waals surface area contributed by atoms with Crippen LogP contribution in [-0.4, -0.2) is 29.1 Å². The first-order valence-electron chi connectivity index (χ1n) is 7.81. The number of piperidine rings is 2. The summed E-state index contributed by atoms with van der Waals surface area (Å²) in [7, 11) is 2.02. The molecule has 1 aromatic carbocycles. The van der Waals surface area contributed by atoms with E-state index in [1.807, 2.05) is 7.05 Å². The third kappa shape index (κ3) is 2.84. The Hall–Kier alpha value is -1.58.